The second kappa shape index (κ2) is 3.57. The fourth-order valence-corrected chi connectivity index (χ4v) is 1.17. The summed E-state index contributed by atoms with van der Waals surface area (Å²) in [5.74, 6) is -1.01. The number of aromatic carboxylic acids is 1. The lowest BCUT2D eigenvalue weighted by molar-refractivity contribution is 0.0695. The predicted octanol–water partition coefficient (Wildman–Crippen LogP) is 2.35. The van der Waals surface area contributed by atoms with E-state index in [9.17, 15) is 4.79 Å². The Bertz CT molecular complexity index is 485. The van der Waals surface area contributed by atoms with Gasteiger partial charge in [0.25, 0.3) is 0 Å². The van der Waals surface area contributed by atoms with Crippen molar-refractivity contribution in [1.29, 1.82) is 0 Å². The third kappa shape index (κ3) is 2.04. The summed E-state index contributed by atoms with van der Waals surface area (Å²) < 4.78 is 4.38. The summed E-state index contributed by atoms with van der Waals surface area (Å²) >= 11 is 0. The van der Waals surface area contributed by atoms with Crippen LogP contribution in [0.3, 0.4) is 0 Å². The molecule has 4 nitrogen and oxygen atoms in total. The lowest BCUT2D eigenvalue weighted by Gasteiger charge is -1.82. The van der Waals surface area contributed by atoms with Crippen LogP contribution in [0.5, 0.6) is 0 Å². The number of hydrogen-bond donors (Lipinski definition) is 1. The molecule has 0 fully saturated rings. The molecule has 0 amide bonds. The Morgan fingerprint density at radius 1 is 1.40 bits per heavy atom. The minimum atomic E-state index is -1.01. The standard InChI is InChI=1S/C6H4.C5H5NO3/c1-2-5-4-6(5)3-1;1-3-4(5(7)8)2-9-6-3/h1-4H;2H,1H3,(H,7,8). The van der Waals surface area contributed by atoms with Gasteiger partial charge < -0.3 is 9.63 Å². The van der Waals surface area contributed by atoms with Crippen molar-refractivity contribution in [3.63, 3.8) is 0 Å². The van der Waals surface area contributed by atoms with Crippen molar-refractivity contribution in [3.8, 4) is 11.1 Å². The van der Waals surface area contributed by atoms with Gasteiger partial charge in [0, 0.05) is 0 Å². The van der Waals surface area contributed by atoms with Gasteiger partial charge in [-0.3, -0.25) is 0 Å². The molecule has 0 saturated carbocycles. The molecule has 76 valence electrons. The topological polar surface area (TPSA) is 63.3 Å². The van der Waals surface area contributed by atoms with E-state index in [1.54, 1.807) is 6.92 Å². The number of benzene rings is 1. The summed E-state index contributed by atoms with van der Waals surface area (Å²) in [6, 6.07) is 8.48. The van der Waals surface area contributed by atoms with E-state index in [2.05, 4.69) is 33.9 Å². The molecule has 2 aliphatic carbocycles. The monoisotopic (exact) mass is 203 g/mol. The van der Waals surface area contributed by atoms with Crippen LogP contribution < -0.4 is 0 Å². The van der Waals surface area contributed by atoms with Gasteiger partial charge in [0.1, 0.15) is 11.8 Å². The molecular weight excluding hydrogens is 194 g/mol. The zero-order valence-electron chi connectivity index (χ0n) is 8.10. The van der Waals surface area contributed by atoms with Crippen LogP contribution in [0.4, 0.5) is 0 Å². The van der Waals surface area contributed by atoms with E-state index in [0.29, 0.717) is 5.69 Å². The first-order valence-electron chi connectivity index (χ1n) is 4.43. The molecule has 0 saturated heterocycles. The molecule has 1 aromatic rings. The average molecular weight is 203 g/mol. The van der Waals surface area contributed by atoms with Crippen molar-refractivity contribution in [2.75, 3.05) is 0 Å². The predicted molar refractivity (Wildman–Crippen MR) is 53.6 cm³/mol. The third-order valence-electron chi connectivity index (χ3n) is 2.09. The summed E-state index contributed by atoms with van der Waals surface area (Å²) in [6.07, 6.45) is 1.11. The van der Waals surface area contributed by atoms with Crippen LogP contribution in [0.25, 0.3) is 11.1 Å². The minimum absolute atomic E-state index is 0.120. The highest BCUT2D eigenvalue weighted by Crippen LogP contribution is 2.32. The van der Waals surface area contributed by atoms with Crippen LogP contribution in [0.1, 0.15) is 16.1 Å². The Balaban J connectivity index is 0.000000121. The lowest BCUT2D eigenvalue weighted by atomic mass is 10.3. The van der Waals surface area contributed by atoms with E-state index < -0.39 is 5.97 Å². The molecule has 2 aliphatic rings. The largest absolute Gasteiger partial charge is 0.478 e. The summed E-state index contributed by atoms with van der Waals surface area (Å²) in [5.41, 5.74) is 3.38. The van der Waals surface area contributed by atoms with Gasteiger partial charge in [-0.25, -0.2) is 4.79 Å². The number of carboxylic acid groups (broad SMARTS) is 1. The first-order chi connectivity index (χ1) is 7.18. The number of rotatable bonds is 1. The van der Waals surface area contributed by atoms with Crippen molar-refractivity contribution in [2.24, 2.45) is 0 Å². The van der Waals surface area contributed by atoms with Gasteiger partial charge in [0.15, 0.2) is 0 Å². The molecule has 1 heterocycles. The van der Waals surface area contributed by atoms with E-state index in [-0.39, 0.29) is 5.56 Å². The van der Waals surface area contributed by atoms with Crippen molar-refractivity contribution in [1.82, 2.24) is 5.16 Å². The van der Waals surface area contributed by atoms with E-state index in [1.165, 1.54) is 11.1 Å². The molecule has 0 unspecified atom stereocenters. The molecule has 0 spiro atoms. The number of carboxylic acids is 1. The highest BCUT2D eigenvalue weighted by Gasteiger charge is 2.09. The van der Waals surface area contributed by atoms with Crippen LogP contribution in [-0.2, 0) is 0 Å². The van der Waals surface area contributed by atoms with E-state index in [4.69, 9.17) is 5.11 Å². The molecule has 15 heavy (non-hydrogen) atoms. The number of fused-ring (bicyclic) bond motifs is 1. The van der Waals surface area contributed by atoms with Gasteiger partial charge in [-0.15, -0.1) is 0 Å². The number of aromatic nitrogens is 1. The zero-order valence-corrected chi connectivity index (χ0v) is 8.10. The first kappa shape index (κ1) is 9.45. The second-order valence-electron chi connectivity index (χ2n) is 3.20. The molecular formula is C11H9NO3. The molecule has 4 heteroatoms. The zero-order chi connectivity index (χ0) is 10.8. The summed E-state index contributed by atoms with van der Waals surface area (Å²) in [4.78, 5) is 10.2. The van der Waals surface area contributed by atoms with Gasteiger partial charge in [-0.2, -0.15) is 0 Å². The normalized spacial score (nSPS) is 10.2. The maximum absolute atomic E-state index is 10.2. The molecule has 0 bridgehead atoms. The second-order valence-corrected chi connectivity index (χ2v) is 3.20. The van der Waals surface area contributed by atoms with Crippen LogP contribution in [-0.4, -0.2) is 16.2 Å². The van der Waals surface area contributed by atoms with Crippen LogP contribution in [0.2, 0.25) is 0 Å². The molecule has 3 rings (SSSR count). The molecule has 0 radical (unpaired) electrons. The van der Waals surface area contributed by atoms with Crippen molar-refractivity contribution in [3.05, 3.63) is 41.8 Å². The Morgan fingerprint density at radius 2 is 2.07 bits per heavy atom. The molecule has 0 aliphatic heterocycles. The van der Waals surface area contributed by atoms with Gasteiger partial charge in [0.05, 0.1) is 5.69 Å². The highest BCUT2D eigenvalue weighted by molar-refractivity contribution is 5.88. The Hall–Kier alpha value is -2.10. The van der Waals surface area contributed by atoms with Gasteiger partial charge in [-0.1, -0.05) is 23.4 Å². The van der Waals surface area contributed by atoms with E-state index >= 15 is 0 Å². The first-order valence-corrected chi connectivity index (χ1v) is 4.43. The van der Waals surface area contributed by atoms with Gasteiger partial charge in [0.2, 0.25) is 0 Å². The van der Waals surface area contributed by atoms with Crippen LogP contribution in [0, 0.1) is 6.92 Å². The van der Waals surface area contributed by atoms with Crippen molar-refractivity contribution in [2.45, 2.75) is 6.92 Å². The maximum Gasteiger partial charge on any atom is 0.340 e. The summed E-state index contributed by atoms with van der Waals surface area (Å²) in [7, 11) is 0. The average Bonchev–Trinajstić information content (AvgIpc) is 2.65. The Kier molecular flexibility index (Phi) is 2.25. The van der Waals surface area contributed by atoms with Crippen molar-refractivity contribution >= 4 is 5.97 Å². The third-order valence-corrected chi connectivity index (χ3v) is 2.09. The van der Waals surface area contributed by atoms with Crippen LogP contribution in [0.15, 0.2) is 35.1 Å². The fourth-order valence-electron chi connectivity index (χ4n) is 1.17. The summed E-state index contributed by atoms with van der Waals surface area (Å²) in [5, 5.41) is 11.7. The van der Waals surface area contributed by atoms with Gasteiger partial charge in [-0.05, 0) is 24.1 Å². The Labute approximate surface area is 86.1 Å². The quantitative estimate of drug-likeness (QED) is 0.659. The number of hydrogen-bond acceptors (Lipinski definition) is 3. The number of nitrogens with zero attached hydrogens (tertiary/aromatic N) is 1. The SMILES string of the molecule is Cc1nocc1C(=O)O.c1cc2cc-2c1. The Morgan fingerprint density at radius 3 is 2.27 bits per heavy atom. The lowest BCUT2D eigenvalue weighted by Crippen LogP contribution is -1.95. The smallest absolute Gasteiger partial charge is 0.340 e. The number of aryl methyl sites for hydroxylation is 1. The van der Waals surface area contributed by atoms with E-state index in [0.717, 1.165) is 6.26 Å². The fraction of sp³-hybridized carbons (Fsp3) is 0.0909. The number of carbonyl (C=O) groups is 1. The highest BCUT2D eigenvalue weighted by atomic mass is 16.5. The molecule has 0 atom stereocenters. The van der Waals surface area contributed by atoms with Crippen molar-refractivity contribution < 1.29 is 14.4 Å². The molecule has 0 aromatic carbocycles. The molecule has 1 N–H and O–H groups in total. The van der Waals surface area contributed by atoms with Gasteiger partial charge >= 0.3 is 5.97 Å². The molecule has 1 aromatic heterocycles. The van der Waals surface area contributed by atoms with Crippen LogP contribution >= 0.6 is 0 Å². The van der Waals surface area contributed by atoms with E-state index in [1.807, 2.05) is 0 Å². The summed E-state index contributed by atoms with van der Waals surface area (Å²) in [6.45, 7) is 1.58. The minimum Gasteiger partial charge on any atom is -0.478 e. The maximum atomic E-state index is 10.2.